The molecule has 1 unspecified atom stereocenters. The smallest absolute Gasteiger partial charge is 0.230 e. The Balaban J connectivity index is 1.47. The lowest BCUT2D eigenvalue weighted by Crippen LogP contribution is -2.28. The molecule has 1 N–H and O–H groups in total. The maximum Gasteiger partial charge on any atom is 0.230 e. The summed E-state index contributed by atoms with van der Waals surface area (Å²) in [7, 11) is 0. The van der Waals surface area contributed by atoms with Gasteiger partial charge in [-0.1, -0.05) is 42.1 Å². The van der Waals surface area contributed by atoms with E-state index in [1.54, 1.807) is 0 Å². The SMILES string of the molecule is Cc1nnc(SCC(=O)NCCC2CCCO2)n1Cc1ccccc1. The van der Waals surface area contributed by atoms with Crippen LogP contribution < -0.4 is 5.32 Å². The van der Waals surface area contributed by atoms with Crippen LogP contribution in [-0.4, -0.2) is 45.7 Å². The highest BCUT2D eigenvalue weighted by molar-refractivity contribution is 7.99. The summed E-state index contributed by atoms with van der Waals surface area (Å²) in [6, 6.07) is 10.2. The van der Waals surface area contributed by atoms with Crippen LogP contribution in [0.25, 0.3) is 0 Å². The lowest BCUT2D eigenvalue weighted by Gasteiger charge is -2.10. The Morgan fingerprint density at radius 2 is 2.20 bits per heavy atom. The zero-order chi connectivity index (χ0) is 17.5. The van der Waals surface area contributed by atoms with E-state index in [9.17, 15) is 4.79 Å². The molecule has 134 valence electrons. The van der Waals surface area contributed by atoms with Crippen molar-refractivity contribution >= 4 is 17.7 Å². The second kappa shape index (κ2) is 9.01. The topological polar surface area (TPSA) is 69.0 Å². The first kappa shape index (κ1) is 17.9. The van der Waals surface area contributed by atoms with Crippen LogP contribution in [0.15, 0.2) is 35.5 Å². The number of aromatic nitrogens is 3. The molecule has 6 nitrogen and oxygen atoms in total. The number of rotatable bonds is 8. The Morgan fingerprint density at radius 3 is 2.96 bits per heavy atom. The molecule has 0 saturated carbocycles. The summed E-state index contributed by atoms with van der Waals surface area (Å²) >= 11 is 1.42. The third-order valence-corrected chi connectivity index (χ3v) is 5.20. The van der Waals surface area contributed by atoms with Crippen LogP contribution in [0, 0.1) is 6.92 Å². The molecule has 1 aliphatic heterocycles. The molecule has 2 aromatic rings. The molecule has 25 heavy (non-hydrogen) atoms. The standard InChI is InChI=1S/C18H24N4O2S/c1-14-20-21-18(22(14)12-15-6-3-2-4-7-15)25-13-17(23)19-10-9-16-8-5-11-24-16/h2-4,6-7,16H,5,8-13H2,1H3,(H,19,23). The number of carbonyl (C=O) groups is 1. The monoisotopic (exact) mass is 360 g/mol. The van der Waals surface area contributed by atoms with E-state index in [1.807, 2.05) is 29.7 Å². The normalized spacial score (nSPS) is 16.9. The van der Waals surface area contributed by atoms with Crippen molar-refractivity contribution in [3.8, 4) is 0 Å². The van der Waals surface area contributed by atoms with Crippen molar-refractivity contribution in [2.24, 2.45) is 0 Å². The van der Waals surface area contributed by atoms with Crippen LogP contribution in [0.2, 0.25) is 0 Å². The Hall–Kier alpha value is -1.86. The molecular weight excluding hydrogens is 336 g/mol. The van der Waals surface area contributed by atoms with Crippen LogP contribution in [0.4, 0.5) is 0 Å². The van der Waals surface area contributed by atoms with Gasteiger partial charge in [-0.15, -0.1) is 10.2 Å². The molecule has 1 aromatic carbocycles. The van der Waals surface area contributed by atoms with Crippen LogP contribution >= 0.6 is 11.8 Å². The number of nitrogens with one attached hydrogen (secondary N) is 1. The average molecular weight is 360 g/mol. The van der Waals surface area contributed by atoms with Gasteiger partial charge < -0.3 is 14.6 Å². The molecule has 0 aliphatic carbocycles. The number of aryl methyl sites for hydroxylation is 1. The van der Waals surface area contributed by atoms with Crippen molar-refractivity contribution in [3.05, 3.63) is 41.7 Å². The van der Waals surface area contributed by atoms with Gasteiger partial charge in [-0.3, -0.25) is 4.79 Å². The average Bonchev–Trinajstić information content (AvgIpc) is 3.25. The number of thioether (sulfide) groups is 1. The summed E-state index contributed by atoms with van der Waals surface area (Å²) in [5.74, 6) is 1.22. The van der Waals surface area contributed by atoms with E-state index < -0.39 is 0 Å². The number of benzene rings is 1. The highest BCUT2D eigenvalue weighted by atomic mass is 32.2. The van der Waals surface area contributed by atoms with Gasteiger partial charge in [-0.05, 0) is 31.7 Å². The lowest BCUT2D eigenvalue weighted by atomic mass is 10.2. The fourth-order valence-electron chi connectivity index (χ4n) is 2.84. The van der Waals surface area contributed by atoms with Gasteiger partial charge in [-0.25, -0.2) is 0 Å². The van der Waals surface area contributed by atoms with Gasteiger partial charge >= 0.3 is 0 Å². The maximum absolute atomic E-state index is 12.0. The third-order valence-electron chi connectivity index (χ3n) is 4.23. The quantitative estimate of drug-likeness (QED) is 0.732. The van der Waals surface area contributed by atoms with Crippen molar-refractivity contribution < 1.29 is 9.53 Å². The van der Waals surface area contributed by atoms with Crippen LogP contribution in [0.1, 0.15) is 30.7 Å². The Kier molecular flexibility index (Phi) is 6.47. The van der Waals surface area contributed by atoms with Gasteiger partial charge in [0.15, 0.2) is 5.16 Å². The van der Waals surface area contributed by atoms with Gasteiger partial charge in [0, 0.05) is 13.2 Å². The first-order chi connectivity index (χ1) is 12.2. The van der Waals surface area contributed by atoms with E-state index >= 15 is 0 Å². The van der Waals surface area contributed by atoms with Gasteiger partial charge in [-0.2, -0.15) is 0 Å². The summed E-state index contributed by atoms with van der Waals surface area (Å²) in [5, 5.41) is 12.1. The Bertz CT molecular complexity index is 684. The van der Waals surface area contributed by atoms with Crippen LogP contribution in [-0.2, 0) is 16.1 Å². The minimum atomic E-state index is 0.0231. The molecule has 0 bridgehead atoms. The fraction of sp³-hybridized carbons (Fsp3) is 0.500. The van der Waals surface area contributed by atoms with E-state index in [4.69, 9.17) is 4.74 Å². The number of nitrogens with zero attached hydrogens (tertiary/aromatic N) is 3. The van der Waals surface area contributed by atoms with E-state index in [-0.39, 0.29) is 5.91 Å². The third kappa shape index (κ3) is 5.31. The predicted octanol–water partition coefficient (Wildman–Crippen LogP) is 2.41. The minimum Gasteiger partial charge on any atom is -0.378 e. The van der Waals surface area contributed by atoms with Crippen LogP contribution in [0.3, 0.4) is 0 Å². The van der Waals surface area contributed by atoms with Gasteiger partial charge in [0.05, 0.1) is 18.4 Å². The molecule has 7 heteroatoms. The van der Waals surface area contributed by atoms with E-state index in [0.29, 0.717) is 24.9 Å². The molecular formula is C18H24N4O2S. The van der Waals surface area contributed by atoms with Crippen molar-refractivity contribution in [2.75, 3.05) is 18.9 Å². The van der Waals surface area contributed by atoms with E-state index in [0.717, 1.165) is 36.9 Å². The number of hydrogen-bond acceptors (Lipinski definition) is 5. The molecule has 1 aliphatic rings. The summed E-state index contributed by atoms with van der Waals surface area (Å²) in [5.41, 5.74) is 1.19. The minimum absolute atomic E-state index is 0.0231. The van der Waals surface area contributed by atoms with E-state index in [1.165, 1.54) is 17.3 Å². The number of ether oxygens (including phenoxy) is 1. The zero-order valence-corrected chi connectivity index (χ0v) is 15.3. The van der Waals surface area contributed by atoms with Gasteiger partial charge in [0.25, 0.3) is 0 Å². The largest absolute Gasteiger partial charge is 0.378 e. The highest BCUT2D eigenvalue weighted by Gasteiger charge is 2.16. The summed E-state index contributed by atoms with van der Waals surface area (Å²) in [6.45, 7) is 4.16. The molecule has 0 spiro atoms. The molecule has 0 radical (unpaired) electrons. The summed E-state index contributed by atoms with van der Waals surface area (Å²) in [4.78, 5) is 12.0. The lowest BCUT2D eigenvalue weighted by molar-refractivity contribution is -0.118. The van der Waals surface area contributed by atoms with E-state index in [2.05, 4.69) is 27.6 Å². The molecule has 1 fully saturated rings. The molecule has 3 rings (SSSR count). The molecule has 2 heterocycles. The van der Waals surface area contributed by atoms with Gasteiger partial charge in [0.2, 0.25) is 5.91 Å². The highest BCUT2D eigenvalue weighted by Crippen LogP contribution is 2.18. The molecule has 1 atom stereocenters. The fourth-order valence-corrected chi connectivity index (χ4v) is 3.66. The molecule has 1 aromatic heterocycles. The molecule has 1 amide bonds. The Labute approximate surface area is 152 Å². The van der Waals surface area contributed by atoms with Crippen molar-refractivity contribution in [3.63, 3.8) is 0 Å². The first-order valence-electron chi connectivity index (χ1n) is 8.67. The number of hydrogen-bond donors (Lipinski definition) is 1. The zero-order valence-electron chi connectivity index (χ0n) is 14.5. The predicted molar refractivity (Wildman–Crippen MR) is 97.6 cm³/mol. The number of carbonyl (C=O) groups excluding carboxylic acids is 1. The Morgan fingerprint density at radius 1 is 1.36 bits per heavy atom. The number of amides is 1. The second-order valence-corrected chi connectivity index (χ2v) is 7.11. The maximum atomic E-state index is 12.0. The summed E-state index contributed by atoms with van der Waals surface area (Å²) < 4.78 is 7.60. The van der Waals surface area contributed by atoms with Crippen LogP contribution in [0.5, 0.6) is 0 Å². The molecule has 1 saturated heterocycles. The van der Waals surface area contributed by atoms with Crippen molar-refractivity contribution in [1.29, 1.82) is 0 Å². The summed E-state index contributed by atoms with van der Waals surface area (Å²) in [6.07, 6.45) is 3.43. The second-order valence-electron chi connectivity index (χ2n) is 6.16. The first-order valence-corrected chi connectivity index (χ1v) is 9.66. The van der Waals surface area contributed by atoms with Gasteiger partial charge in [0.1, 0.15) is 5.82 Å². The van der Waals surface area contributed by atoms with Crippen molar-refractivity contribution in [1.82, 2.24) is 20.1 Å². The van der Waals surface area contributed by atoms with Crippen molar-refractivity contribution in [2.45, 2.75) is 44.0 Å².